The third-order valence-electron chi connectivity index (χ3n) is 3.44. The first-order valence-corrected chi connectivity index (χ1v) is 7.82. The fourth-order valence-corrected chi connectivity index (χ4v) is 3.20. The molecule has 0 aliphatic carbocycles. The molecule has 19 heavy (non-hydrogen) atoms. The number of nitrogens with zero attached hydrogens (tertiary/aromatic N) is 2. The molecule has 5 nitrogen and oxygen atoms in total. The summed E-state index contributed by atoms with van der Waals surface area (Å²) < 4.78 is 24.3. The number of likely N-dealkylation sites (N-methyl/N-ethyl adjacent to an activating group) is 1. The van der Waals surface area contributed by atoms with E-state index in [9.17, 15) is 8.42 Å². The van der Waals surface area contributed by atoms with Gasteiger partial charge in [0.1, 0.15) is 0 Å². The van der Waals surface area contributed by atoms with Crippen molar-refractivity contribution in [2.75, 3.05) is 32.4 Å². The van der Waals surface area contributed by atoms with E-state index >= 15 is 0 Å². The Hall–Kier alpha value is -1.42. The Morgan fingerprint density at radius 3 is 2.47 bits per heavy atom. The van der Waals surface area contributed by atoms with E-state index in [2.05, 4.69) is 10.2 Å². The van der Waals surface area contributed by atoms with Crippen LogP contribution in [0.3, 0.4) is 0 Å². The van der Waals surface area contributed by atoms with Gasteiger partial charge in [0.05, 0.1) is 22.3 Å². The summed E-state index contributed by atoms with van der Waals surface area (Å²) in [5.41, 5.74) is 0.469. The van der Waals surface area contributed by atoms with Gasteiger partial charge in [-0.3, -0.25) is 4.90 Å². The van der Waals surface area contributed by atoms with E-state index in [1.807, 2.05) is 13.1 Å². The zero-order valence-corrected chi connectivity index (χ0v) is 11.7. The number of hydrogen-bond donors (Lipinski definition) is 1. The number of nitrogens with one attached hydrogen (secondary N) is 1. The second kappa shape index (κ2) is 5.70. The van der Waals surface area contributed by atoms with Crippen LogP contribution in [0.25, 0.3) is 0 Å². The normalized spacial score (nSPS) is 16.1. The Labute approximate surface area is 113 Å². The van der Waals surface area contributed by atoms with E-state index < -0.39 is 9.84 Å². The quantitative estimate of drug-likeness (QED) is 0.835. The predicted octanol–water partition coefficient (Wildman–Crippen LogP) is 0.236. The summed E-state index contributed by atoms with van der Waals surface area (Å²) in [6.07, 6.45) is 0. The summed E-state index contributed by atoms with van der Waals surface area (Å²) in [5.74, 6) is 0.103. The third-order valence-corrected chi connectivity index (χ3v) is 5.15. The van der Waals surface area contributed by atoms with Crippen LogP contribution in [0.5, 0.6) is 0 Å². The van der Waals surface area contributed by atoms with Gasteiger partial charge in [-0.25, -0.2) is 8.42 Å². The lowest BCUT2D eigenvalue weighted by molar-refractivity contribution is 0.189. The Balaban J connectivity index is 1.99. The lowest BCUT2D eigenvalue weighted by Crippen LogP contribution is -2.56. The van der Waals surface area contributed by atoms with E-state index in [4.69, 9.17) is 5.26 Å². The monoisotopic (exact) mass is 279 g/mol. The summed E-state index contributed by atoms with van der Waals surface area (Å²) in [6, 6.07) is 8.48. The van der Waals surface area contributed by atoms with Gasteiger partial charge in [-0.05, 0) is 31.3 Å². The highest BCUT2D eigenvalue weighted by atomic mass is 32.2. The maximum absolute atomic E-state index is 12.1. The van der Waals surface area contributed by atoms with Gasteiger partial charge >= 0.3 is 0 Å². The van der Waals surface area contributed by atoms with Crippen LogP contribution >= 0.6 is 0 Å². The van der Waals surface area contributed by atoms with Crippen LogP contribution in [0.1, 0.15) is 5.56 Å². The van der Waals surface area contributed by atoms with Crippen molar-refractivity contribution in [3.05, 3.63) is 29.8 Å². The molecule has 1 aliphatic rings. The molecule has 0 aromatic heterocycles. The van der Waals surface area contributed by atoms with Crippen molar-refractivity contribution in [2.24, 2.45) is 0 Å². The van der Waals surface area contributed by atoms with Gasteiger partial charge < -0.3 is 5.32 Å². The van der Waals surface area contributed by atoms with Crippen LogP contribution in [0, 0.1) is 11.3 Å². The van der Waals surface area contributed by atoms with Crippen LogP contribution in [-0.4, -0.2) is 51.8 Å². The van der Waals surface area contributed by atoms with Gasteiger partial charge in [-0.2, -0.15) is 5.26 Å². The zero-order valence-electron chi connectivity index (χ0n) is 10.8. The molecule has 1 N–H and O–H groups in total. The minimum atomic E-state index is -3.27. The number of rotatable bonds is 5. The number of benzene rings is 1. The highest BCUT2D eigenvalue weighted by Gasteiger charge is 2.23. The van der Waals surface area contributed by atoms with E-state index in [0.29, 0.717) is 18.2 Å². The van der Waals surface area contributed by atoms with Gasteiger partial charge in [0.25, 0.3) is 0 Å². The minimum Gasteiger partial charge on any atom is -0.314 e. The maximum Gasteiger partial charge on any atom is 0.179 e. The molecule has 1 fully saturated rings. The summed E-state index contributed by atoms with van der Waals surface area (Å²) in [6.45, 7) is 2.37. The summed E-state index contributed by atoms with van der Waals surface area (Å²) in [5, 5.41) is 11.9. The van der Waals surface area contributed by atoms with Crippen LogP contribution in [0.2, 0.25) is 0 Å². The molecule has 0 atom stereocenters. The van der Waals surface area contributed by atoms with Gasteiger partial charge in [-0.15, -0.1) is 0 Å². The molecule has 1 saturated heterocycles. The maximum atomic E-state index is 12.1. The molecule has 2 rings (SSSR count). The Bertz CT molecular complexity index is 571. The minimum absolute atomic E-state index is 0.103. The molecule has 1 heterocycles. The number of hydrogen-bond acceptors (Lipinski definition) is 5. The first-order chi connectivity index (χ1) is 9.03. The Morgan fingerprint density at radius 2 is 2.00 bits per heavy atom. The third kappa shape index (κ3) is 3.32. The lowest BCUT2D eigenvalue weighted by atomic mass is 10.1. The molecule has 0 bridgehead atoms. The van der Waals surface area contributed by atoms with Gasteiger partial charge in [0.15, 0.2) is 9.84 Å². The fraction of sp³-hybridized carbons (Fsp3) is 0.462. The molecular formula is C13H17N3O2S. The SMILES string of the molecule is CN(CCS(=O)(=O)c1ccc(C#N)cc1)C1CNC1. The molecule has 102 valence electrons. The molecule has 0 radical (unpaired) electrons. The van der Waals surface area contributed by atoms with Crippen LogP contribution in [0.15, 0.2) is 29.2 Å². The Morgan fingerprint density at radius 1 is 1.37 bits per heavy atom. The second-order valence-electron chi connectivity index (χ2n) is 4.75. The average molecular weight is 279 g/mol. The van der Waals surface area contributed by atoms with Crippen molar-refractivity contribution in [1.29, 1.82) is 5.26 Å². The molecule has 1 aromatic rings. The lowest BCUT2D eigenvalue weighted by Gasteiger charge is -2.35. The largest absolute Gasteiger partial charge is 0.314 e. The molecular weight excluding hydrogens is 262 g/mol. The highest BCUT2D eigenvalue weighted by Crippen LogP contribution is 2.13. The van der Waals surface area contributed by atoms with Crippen molar-refractivity contribution in [3.8, 4) is 6.07 Å². The topological polar surface area (TPSA) is 73.2 Å². The van der Waals surface area contributed by atoms with Crippen molar-refractivity contribution < 1.29 is 8.42 Å². The number of sulfone groups is 1. The van der Waals surface area contributed by atoms with Gasteiger partial charge in [0.2, 0.25) is 0 Å². The van der Waals surface area contributed by atoms with Crippen molar-refractivity contribution in [1.82, 2.24) is 10.2 Å². The van der Waals surface area contributed by atoms with Crippen LogP contribution in [-0.2, 0) is 9.84 Å². The zero-order chi connectivity index (χ0) is 13.9. The first kappa shape index (κ1) is 14.0. The predicted molar refractivity (Wildman–Crippen MR) is 72.5 cm³/mol. The van der Waals surface area contributed by atoms with Gasteiger partial charge in [-0.1, -0.05) is 0 Å². The standard InChI is InChI=1S/C13H17N3O2S/c1-16(12-9-15-10-12)6-7-19(17,18)13-4-2-11(8-14)3-5-13/h2-5,12,15H,6-7,9-10H2,1H3. The fourth-order valence-electron chi connectivity index (χ4n) is 1.89. The van der Waals surface area contributed by atoms with E-state index in [0.717, 1.165) is 13.1 Å². The molecule has 1 aromatic carbocycles. The second-order valence-corrected chi connectivity index (χ2v) is 6.86. The van der Waals surface area contributed by atoms with Crippen molar-refractivity contribution >= 4 is 9.84 Å². The summed E-state index contributed by atoms with van der Waals surface area (Å²) in [4.78, 5) is 2.35. The van der Waals surface area contributed by atoms with Crippen molar-refractivity contribution in [2.45, 2.75) is 10.9 Å². The van der Waals surface area contributed by atoms with Crippen LogP contribution in [0.4, 0.5) is 0 Å². The number of nitriles is 1. The molecule has 0 amide bonds. The van der Waals surface area contributed by atoms with Crippen molar-refractivity contribution in [3.63, 3.8) is 0 Å². The van der Waals surface area contributed by atoms with E-state index in [-0.39, 0.29) is 10.6 Å². The van der Waals surface area contributed by atoms with Gasteiger partial charge in [0, 0.05) is 25.7 Å². The average Bonchev–Trinajstić information content (AvgIpc) is 2.34. The smallest absolute Gasteiger partial charge is 0.179 e. The molecule has 6 heteroatoms. The summed E-state index contributed by atoms with van der Waals surface area (Å²) >= 11 is 0. The molecule has 0 unspecified atom stereocenters. The van der Waals surface area contributed by atoms with E-state index in [1.165, 1.54) is 24.3 Å². The Kier molecular flexibility index (Phi) is 4.20. The van der Waals surface area contributed by atoms with E-state index in [1.54, 1.807) is 0 Å². The molecule has 0 saturated carbocycles. The first-order valence-electron chi connectivity index (χ1n) is 6.17. The molecule has 0 spiro atoms. The summed E-state index contributed by atoms with van der Waals surface area (Å²) in [7, 11) is -1.33. The van der Waals surface area contributed by atoms with Crippen LogP contribution < -0.4 is 5.32 Å². The molecule has 1 aliphatic heterocycles. The highest BCUT2D eigenvalue weighted by molar-refractivity contribution is 7.91.